The van der Waals surface area contributed by atoms with Crippen molar-refractivity contribution in [3.05, 3.63) is 28.8 Å². The van der Waals surface area contributed by atoms with E-state index >= 15 is 0 Å². The number of thiazole rings is 1. The molecule has 0 aliphatic carbocycles. The lowest BCUT2D eigenvalue weighted by Gasteiger charge is -2.17. The average molecular weight is 261 g/mol. The first-order valence-electron chi connectivity index (χ1n) is 6.61. The monoisotopic (exact) mass is 261 g/mol. The Morgan fingerprint density at radius 1 is 1.33 bits per heavy atom. The van der Waals surface area contributed by atoms with Gasteiger partial charge in [0, 0.05) is 13.1 Å². The molecule has 1 N–H and O–H groups in total. The minimum Gasteiger partial charge on any atom is -0.315 e. The topological polar surface area (TPSA) is 28.2 Å². The van der Waals surface area contributed by atoms with E-state index in [9.17, 15) is 0 Å². The van der Waals surface area contributed by atoms with Crippen molar-refractivity contribution in [1.82, 2.24) is 15.2 Å². The molecule has 4 heteroatoms. The molecule has 3 rings (SSSR count). The second-order valence-electron chi connectivity index (χ2n) is 4.91. The second kappa shape index (κ2) is 5.34. The van der Waals surface area contributed by atoms with Crippen molar-refractivity contribution < 1.29 is 0 Å². The van der Waals surface area contributed by atoms with Crippen molar-refractivity contribution in [3.8, 4) is 0 Å². The average Bonchev–Trinajstić information content (AvgIpc) is 2.60. The minimum atomic E-state index is 1.00. The minimum absolute atomic E-state index is 1.00. The molecule has 1 saturated heterocycles. The summed E-state index contributed by atoms with van der Waals surface area (Å²) in [5.41, 5.74) is 2.47. The molecule has 1 aliphatic rings. The van der Waals surface area contributed by atoms with Crippen LogP contribution >= 0.6 is 11.3 Å². The van der Waals surface area contributed by atoms with Gasteiger partial charge in [0.2, 0.25) is 0 Å². The van der Waals surface area contributed by atoms with Crippen LogP contribution in [0.4, 0.5) is 0 Å². The molecule has 0 bridgehead atoms. The van der Waals surface area contributed by atoms with Gasteiger partial charge >= 0.3 is 0 Å². The molecule has 96 valence electrons. The zero-order valence-electron chi connectivity index (χ0n) is 10.8. The van der Waals surface area contributed by atoms with Gasteiger partial charge in [0.05, 0.1) is 16.8 Å². The summed E-state index contributed by atoms with van der Waals surface area (Å²) in [6.45, 7) is 7.71. The highest BCUT2D eigenvalue weighted by atomic mass is 32.1. The van der Waals surface area contributed by atoms with E-state index in [1.165, 1.54) is 33.8 Å². The third kappa shape index (κ3) is 2.55. The van der Waals surface area contributed by atoms with Crippen LogP contribution in [0.5, 0.6) is 0 Å². The molecule has 0 saturated carbocycles. The molecule has 1 aliphatic heterocycles. The third-order valence-corrected chi connectivity index (χ3v) is 4.46. The summed E-state index contributed by atoms with van der Waals surface area (Å²) in [7, 11) is 0. The van der Waals surface area contributed by atoms with E-state index in [-0.39, 0.29) is 0 Å². The summed E-state index contributed by atoms with van der Waals surface area (Å²) in [6, 6.07) is 6.44. The van der Waals surface area contributed by atoms with Crippen molar-refractivity contribution in [2.24, 2.45) is 0 Å². The van der Waals surface area contributed by atoms with Crippen molar-refractivity contribution in [2.75, 3.05) is 26.2 Å². The number of aryl methyl sites for hydroxylation is 1. The van der Waals surface area contributed by atoms with E-state index in [2.05, 4.69) is 35.3 Å². The summed E-state index contributed by atoms with van der Waals surface area (Å²) >= 11 is 1.84. The standard InChI is InChI=1S/C14H19N3S/c1-11-4-2-5-12-14(11)16-13(18-12)10-17-8-3-6-15-7-9-17/h2,4-5,15H,3,6-10H2,1H3. The SMILES string of the molecule is Cc1cccc2sc(CN3CCCNCC3)nc12. The van der Waals surface area contributed by atoms with Crippen LogP contribution in [0.25, 0.3) is 10.2 Å². The fourth-order valence-corrected chi connectivity index (χ4v) is 3.54. The van der Waals surface area contributed by atoms with Gasteiger partial charge in [-0.15, -0.1) is 11.3 Å². The molecule has 1 aromatic carbocycles. The maximum absolute atomic E-state index is 4.79. The first kappa shape index (κ1) is 12.1. The van der Waals surface area contributed by atoms with Crippen LogP contribution < -0.4 is 5.32 Å². The summed E-state index contributed by atoms with van der Waals surface area (Å²) in [5, 5.41) is 4.69. The zero-order valence-corrected chi connectivity index (χ0v) is 11.6. The Bertz CT molecular complexity index is 527. The highest BCUT2D eigenvalue weighted by Gasteiger charge is 2.12. The molecule has 2 aromatic rings. The van der Waals surface area contributed by atoms with Crippen molar-refractivity contribution >= 4 is 21.6 Å². The largest absolute Gasteiger partial charge is 0.315 e. The summed E-state index contributed by atoms with van der Waals surface area (Å²) < 4.78 is 1.32. The fraction of sp³-hybridized carbons (Fsp3) is 0.500. The van der Waals surface area contributed by atoms with Gasteiger partial charge in [-0.1, -0.05) is 12.1 Å². The quantitative estimate of drug-likeness (QED) is 0.900. The molecule has 0 radical (unpaired) electrons. The first-order valence-corrected chi connectivity index (χ1v) is 7.43. The lowest BCUT2D eigenvalue weighted by Crippen LogP contribution is -2.27. The number of hydrogen-bond acceptors (Lipinski definition) is 4. The number of nitrogens with one attached hydrogen (secondary N) is 1. The Hall–Kier alpha value is -0.970. The van der Waals surface area contributed by atoms with Gasteiger partial charge in [-0.3, -0.25) is 4.90 Å². The Balaban J connectivity index is 1.79. The number of fused-ring (bicyclic) bond motifs is 1. The molecule has 1 aromatic heterocycles. The van der Waals surface area contributed by atoms with Gasteiger partial charge in [-0.25, -0.2) is 4.98 Å². The molecular formula is C14H19N3S. The van der Waals surface area contributed by atoms with Crippen LogP contribution in [0, 0.1) is 6.92 Å². The van der Waals surface area contributed by atoms with Crippen LogP contribution in [0.1, 0.15) is 17.0 Å². The number of hydrogen-bond donors (Lipinski definition) is 1. The molecule has 18 heavy (non-hydrogen) atoms. The second-order valence-corrected chi connectivity index (χ2v) is 6.02. The Morgan fingerprint density at radius 2 is 2.28 bits per heavy atom. The van der Waals surface area contributed by atoms with Gasteiger partial charge in [0.25, 0.3) is 0 Å². The Morgan fingerprint density at radius 3 is 3.17 bits per heavy atom. The fourth-order valence-electron chi connectivity index (χ4n) is 2.45. The molecule has 0 unspecified atom stereocenters. The van der Waals surface area contributed by atoms with Crippen LogP contribution in [0.3, 0.4) is 0 Å². The highest BCUT2D eigenvalue weighted by Crippen LogP contribution is 2.25. The van der Waals surface area contributed by atoms with E-state index < -0.39 is 0 Å². The van der Waals surface area contributed by atoms with Gasteiger partial charge in [-0.2, -0.15) is 0 Å². The van der Waals surface area contributed by atoms with E-state index in [1.54, 1.807) is 0 Å². The molecular weight excluding hydrogens is 242 g/mol. The third-order valence-electron chi connectivity index (χ3n) is 3.46. The van der Waals surface area contributed by atoms with Gasteiger partial charge in [0.1, 0.15) is 5.01 Å². The van der Waals surface area contributed by atoms with E-state index in [0.717, 1.165) is 26.2 Å². The zero-order chi connectivity index (χ0) is 12.4. The first-order chi connectivity index (χ1) is 8.83. The summed E-state index contributed by atoms with van der Waals surface area (Å²) in [5.74, 6) is 0. The van der Waals surface area contributed by atoms with Crippen molar-refractivity contribution in [2.45, 2.75) is 19.9 Å². The lowest BCUT2D eigenvalue weighted by atomic mass is 10.2. The smallest absolute Gasteiger partial charge is 0.108 e. The molecule has 0 amide bonds. The van der Waals surface area contributed by atoms with Crippen LogP contribution in [-0.2, 0) is 6.54 Å². The van der Waals surface area contributed by atoms with E-state index in [1.807, 2.05) is 11.3 Å². The molecule has 0 spiro atoms. The molecule has 1 fully saturated rings. The van der Waals surface area contributed by atoms with Gasteiger partial charge < -0.3 is 5.32 Å². The predicted molar refractivity (Wildman–Crippen MR) is 77.1 cm³/mol. The number of benzene rings is 1. The Kier molecular flexibility index (Phi) is 3.59. The van der Waals surface area contributed by atoms with Crippen LogP contribution in [-0.4, -0.2) is 36.1 Å². The van der Waals surface area contributed by atoms with Crippen LogP contribution in [0.15, 0.2) is 18.2 Å². The van der Waals surface area contributed by atoms with Crippen LogP contribution in [0.2, 0.25) is 0 Å². The highest BCUT2D eigenvalue weighted by molar-refractivity contribution is 7.18. The van der Waals surface area contributed by atoms with Gasteiger partial charge in [-0.05, 0) is 38.1 Å². The lowest BCUT2D eigenvalue weighted by molar-refractivity contribution is 0.284. The summed E-state index contributed by atoms with van der Waals surface area (Å²) in [6.07, 6.45) is 1.24. The summed E-state index contributed by atoms with van der Waals surface area (Å²) in [4.78, 5) is 7.30. The molecule has 2 heterocycles. The Labute approximate surface area is 112 Å². The van der Waals surface area contributed by atoms with Gasteiger partial charge in [0.15, 0.2) is 0 Å². The van der Waals surface area contributed by atoms with E-state index in [0.29, 0.717) is 0 Å². The molecule has 3 nitrogen and oxygen atoms in total. The maximum atomic E-state index is 4.79. The predicted octanol–water partition coefficient (Wildman–Crippen LogP) is 2.40. The van der Waals surface area contributed by atoms with Crippen molar-refractivity contribution in [1.29, 1.82) is 0 Å². The molecule has 0 atom stereocenters. The number of aromatic nitrogens is 1. The number of rotatable bonds is 2. The maximum Gasteiger partial charge on any atom is 0.108 e. The number of para-hydroxylation sites is 1. The number of nitrogens with zero attached hydrogens (tertiary/aromatic N) is 2. The van der Waals surface area contributed by atoms with E-state index in [4.69, 9.17) is 4.98 Å². The van der Waals surface area contributed by atoms with Crippen molar-refractivity contribution in [3.63, 3.8) is 0 Å². The normalized spacial score (nSPS) is 18.1.